The van der Waals surface area contributed by atoms with Gasteiger partial charge in [0.2, 0.25) is 0 Å². The molecule has 0 amide bonds. The number of anilines is 1. The average Bonchev–Trinajstić information content (AvgIpc) is 3.13. The average molecular weight is 523 g/mol. The van der Waals surface area contributed by atoms with Crippen LogP contribution in [-0.4, -0.2) is 27.0 Å². The lowest BCUT2D eigenvalue weighted by molar-refractivity contribution is -0.274. The number of benzene rings is 2. The summed E-state index contributed by atoms with van der Waals surface area (Å²) in [5.41, 5.74) is 10.3. The van der Waals surface area contributed by atoms with Crippen LogP contribution < -0.4 is 9.64 Å². The molecule has 0 spiro atoms. The first-order valence-electron chi connectivity index (χ1n) is 13.0. The summed E-state index contributed by atoms with van der Waals surface area (Å²) in [5.74, 6) is 0.767. The zero-order chi connectivity index (χ0) is 27.4. The van der Waals surface area contributed by atoms with Crippen LogP contribution in [0.3, 0.4) is 0 Å². The molecule has 0 N–H and O–H groups in total. The summed E-state index contributed by atoms with van der Waals surface area (Å²) in [4.78, 5) is 7.36. The van der Waals surface area contributed by atoms with E-state index in [1.165, 1.54) is 28.8 Å². The molecule has 0 radical (unpaired) electrons. The van der Waals surface area contributed by atoms with Gasteiger partial charge >= 0.3 is 6.36 Å². The summed E-state index contributed by atoms with van der Waals surface area (Å²) in [5, 5.41) is 5.01. The molecule has 1 unspecified atom stereocenters. The van der Waals surface area contributed by atoms with E-state index in [-0.39, 0.29) is 11.8 Å². The van der Waals surface area contributed by atoms with Crippen LogP contribution in [0.1, 0.15) is 59.0 Å². The van der Waals surface area contributed by atoms with E-state index in [1.807, 2.05) is 24.4 Å². The largest absolute Gasteiger partial charge is 0.573 e. The Kier molecular flexibility index (Phi) is 6.61. The molecule has 3 heterocycles. The topological polar surface area (TPSA) is 42.7 Å². The second-order valence-corrected chi connectivity index (χ2v) is 10.4. The maximum absolute atomic E-state index is 12.9. The predicted octanol–water partition coefficient (Wildman–Crippen LogP) is 7.57. The molecule has 0 saturated carbocycles. The fraction of sp³-hybridized carbons (Fsp3) is 0.400. The molecule has 0 aliphatic carbocycles. The van der Waals surface area contributed by atoms with E-state index in [0.29, 0.717) is 6.54 Å². The van der Waals surface area contributed by atoms with Crippen LogP contribution in [0.25, 0.3) is 16.8 Å². The van der Waals surface area contributed by atoms with E-state index in [4.69, 9.17) is 10.1 Å². The number of halogens is 3. The van der Waals surface area contributed by atoms with Crippen molar-refractivity contribution in [1.29, 1.82) is 0 Å². The van der Waals surface area contributed by atoms with Gasteiger partial charge in [0.25, 0.3) is 0 Å². The molecule has 0 bridgehead atoms. The van der Waals surface area contributed by atoms with Crippen LogP contribution in [-0.2, 0) is 13.0 Å². The van der Waals surface area contributed by atoms with Gasteiger partial charge in [-0.2, -0.15) is 9.61 Å². The third kappa shape index (κ3) is 4.72. The molecule has 0 fully saturated rings. The van der Waals surface area contributed by atoms with E-state index in [2.05, 4.69) is 49.5 Å². The summed E-state index contributed by atoms with van der Waals surface area (Å²) in [6.45, 7) is 13.0. The van der Waals surface area contributed by atoms with Gasteiger partial charge in [0.05, 0.1) is 11.3 Å². The molecule has 1 aliphatic heterocycles. The number of rotatable bonds is 5. The van der Waals surface area contributed by atoms with Crippen LogP contribution in [0.4, 0.5) is 19.0 Å². The highest BCUT2D eigenvalue weighted by molar-refractivity contribution is 5.85. The molecule has 8 heteroatoms. The molecule has 1 atom stereocenters. The summed E-state index contributed by atoms with van der Waals surface area (Å²) >= 11 is 0. The Balaban J connectivity index is 1.68. The Hall–Kier alpha value is -3.55. The molecule has 0 saturated heterocycles. The second kappa shape index (κ2) is 9.64. The Morgan fingerprint density at radius 1 is 0.974 bits per heavy atom. The number of hydrogen-bond acceptors (Lipinski definition) is 4. The molecule has 2 aromatic heterocycles. The summed E-state index contributed by atoms with van der Waals surface area (Å²) < 4.78 is 44.8. The van der Waals surface area contributed by atoms with Gasteiger partial charge in [0, 0.05) is 23.8 Å². The quantitative estimate of drug-likeness (QED) is 0.271. The van der Waals surface area contributed by atoms with Crippen molar-refractivity contribution in [3.8, 4) is 16.9 Å². The predicted molar refractivity (Wildman–Crippen MR) is 144 cm³/mol. The first-order valence-corrected chi connectivity index (χ1v) is 13.0. The van der Waals surface area contributed by atoms with Gasteiger partial charge in [0.15, 0.2) is 5.65 Å². The van der Waals surface area contributed by atoms with E-state index in [1.54, 1.807) is 6.07 Å². The van der Waals surface area contributed by atoms with Gasteiger partial charge in [-0.05, 0) is 88.3 Å². The molecular weight excluding hydrogens is 489 g/mol. The second-order valence-electron chi connectivity index (χ2n) is 10.4. The molecule has 200 valence electrons. The highest BCUT2D eigenvalue weighted by Crippen LogP contribution is 2.40. The fourth-order valence-electron chi connectivity index (χ4n) is 6.04. The van der Waals surface area contributed by atoms with Crippen molar-refractivity contribution >= 4 is 11.5 Å². The van der Waals surface area contributed by atoms with Crippen LogP contribution in [0.15, 0.2) is 36.4 Å². The number of aryl methyl sites for hydroxylation is 5. The third-order valence-corrected chi connectivity index (χ3v) is 7.54. The van der Waals surface area contributed by atoms with E-state index in [9.17, 15) is 13.2 Å². The molecule has 4 aromatic rings. The first-order chi connectivity index (χ1) is 18.0. The van der Waals surface area contributed by atoms with E-state index in [0.717, 1.165) is 64.4 Å². The third-order valence-electron chi connectivity index (χ3n) is 7.54. The van der Waals surface area contributed by atoms with E-state index >= 15 is 0 Å². The van der Waals surface area contributed by atoms with Gasteiger partial charge in [-0.25, -0.2) is 4.98 Å². The van der Waals surface area contributed by atoms with Crippen molar-refractivity contribution in [3.05, 3.63) is 75.6 Å². The van der Waals surface area contributed by atoms with Gasteiger partial charge in [-0.3, -0.25) is 0 Å². The summed E-state index contributed by atoms with van der Waals surface area (Å²) in [7, 11) is 0. The minimum Gasteiger partial charge on any atom is -0.406 e. The van der Waals surface area contributed by atoms with Crippen molar-refractivity contribution in [2.75, 3.05) is 4.90 Å². The van der Waals surface area contributed by atoms with Crippen LogP contribution in [0, 0.1) is 34.6 Å². The highest BCUT2D eigenvalue weighted by atomic mass is 19.4. The summed E-state index contributed by atoms with van der Waals surface area (Å²) in [6, 6.07) is 10.8. The minimum atomic E-state index is -4.73. The zero-order valence-corrected chi connectivity index (χ0v) is 22.7. The van der Waals surface area contributed by atoms with Crippen molar-refractivity contribution < 1.29 is 17.9 Å². The van der Waals surface area contributed by atoms with Crippen LogP contribution in [0.5, 0.6) is 5.75 Å². The monoisotopic (exact) mass is 522 g/mol. The molecule has 2 aromatic carbocycles. The van der Waals surface area contributed by atoms with Gasteiger partial charge in [0.1, 0.15) is 11.6 Å². The van der Waals surface area contributed by atoms with Gasteiger partial charge in [-0.15, -0.1) is 13.2 Å². The SMILES string of the molecule is CCC1CCc2c(C)nc3c(-c4c(C)cc(C)cc4C)c(C)nn3c2N1Cc1cccc(OC(F)(F)F)c1. The number of nitrogens with zero attached hydrogens (tertiary/aromatic N) is 4. The number of ether oxygens (including phenoxy) is 1. The van der Waals surface area contributed by atoms with Gasteiger partial charge in [-0.1, -0.05) is 36.8 Å². The Labute approximate surface area is 221 Å². The highest BCUT2D eigenvalue weighted by Gasteiger charge is 2.33. The van der Waals surface area contributed by atoms with Gasteiger partial charge < -0.3 is 9.64 Å². The number of fused-ring (bicyclic) bond motifs is 3. The molecular formula is C30H33F3N4O. The Morgan fingerprint density at radius 3 is 2.34 bits per heavy atom. The molecule has 5 rings (SSSR count). The maximum Gasteiger partial charge on any atom is 0.573 e. The number of alkyl halides is 3. The van der Waals surface area contributed by atoms with Crippen LogP contribution >= 0.6 is 0 Å². The lowest BCUT2D eigenvalue weighted by Gasteiger charge is -2.39. The Morgan fingerprint density at radius 2 is 1.68 bits per heavy atom. The minimum absolute atomic E-state index is 0.209. The number of aromatic nitrogens is 3. The zero-order valence-electron chi connectivity index (χ0n) is 22.7. The molecule has 38 heavy (non-hydrogen) atoms. The Bertz CT molecular complexity index is 1500. The molecule has 5 nitrogen and oxygen atoms in total. The van der Waals surface area contributed by atoms with Crippen molar-refractivity contribution in [3.63, 3.8) is 0 Å². The van der Waals surface area contributed by atoms with Crippen molar-refractivity contribution in [2.45, 2.75) is 79.8 Å². The smallest absolute Gasteiger partial charge is 0.406 e. The lowest BCUT2D eigenvalue weighted by Crippen LogP contribution is -2.40. The first kappa shape index (κ1) is 26.1. The lowest BCUT2D eigenvalue weighted by atomic mass is 9.93. The standard InChI is InChI=1S/C30H33F3N4O/c1-7-23-11-12-25-20(5)34-28-27(26-18(3)13-17(2)14-19(26)4)21(6)35-37(28)29(25)36(23)16-22-9-8-10-24(15-22)38-30(31,32)33/h8-10,13-15,23H,7,11-12,16H2,1-6H3. The van der Waals surface area contributed by atoms with Crippen LogP contribution in [0.2, 0.25) is 0 Å². The maximum atomic E-state index is 12.9. The van der Waals surface area contributed by atoms with Crippen molar-refractivity contribution in [1.82, 2.24) is 14.6 Å². The fourth-order valence-corrected chi connectivity index (χ4v) is 6.04. The normalized spacial score (nSPS) is 15.7. The van der Waals surface area contributed by atoms with E-state index < -0.39 is 6.36 Å². The van der Waals surface area contributed by atoms with Crippen molar-refractivity contribution in [2.24, 2.45) is 0 Å². The number of hydrogen-bond donors (Lipinski definition) is 0. The molecule has 1 aliphatic rings. The summed E-state index contributed by atoms with van der Waals surface area (Å²) in [6.07, 6.45) is -2.00.